The first-order valence-corrected chi connectivity index (χ1v) is 10.5. The molecule has 3 saturated heterocycles. The molecule has 1 aromatic rings. The van der Waals surface area contributed by atoms with Crippen LogP contribution in [0.25, 0.3) is 0 Å². The Morgan fingerprint density at radius 3 is 2.93 bits per heavy atom. The predicted octanol–water partition coefficient (Wildman–Crippen LogP) is 0.745. The summed E-state index contributed by atoms with van der Waals surface area (Å²) >= 11 is 0. The van der Waals surface area contributed by atoms with Crippen molar-refractivity contribution in [3.05, 3.63) is 12.4 Å². The van der Waals surface area contributed by atoms with Gasteiger partial charge in [-0.1, -0.05) is 0 Å². The third-order valence-electron chi connectivity index (χ3n) is 6.90. The van der Waals surface area contributed by atoms with Crippen molar-refractivity contribution in [3.8, 4) is 5.88 Å². The molecule has 1 aromatic heterocycles. The molecule has 1 aliphatic carbocycles. The van der Waals surface area contributed by atoms with Gasteiger partial charge in [0.15, 0.2) is 0 Å². The Kier molecular flexibility index (Phi) is 4.63. The van der Waals surface area contributed by atoms with Gasteiger partial charge in [0.2, 0.25) is 11.8 Å². The highest BCUT2D eigenvalue weighted by molar-refractivity contribution is 5.80. The van der Waals surface area contributed by atoms with Crippen molar-refractivity contribution < 1.29 is 19.4 Å². The smallest absolute Gasteiger partial charge is 0.226 e. The number of amides is 1. The van der Waals surface area contributed by atoms with Gasteiger partial charge in [-0.25, -0.2) is 9.97 Å². The van der Waals surface area contributed by atoms with Crippen molar-refractivity contribution in [3.63, 3.8) is 0 Å². The second kappa shape index (κ2) is 7.15. The summed E-state index contributed by atoms with van der Waals surface area (Å²) < 4.78 is 11.6. The number of rotatable bonds is 5. The fourth-order valence-electron chi connectivity index (χ4n) is 5.23. The number of carbonyl (C=O) groups is 1. The van der Waals surface area contributed by atoms with E-state index in [0.29, 0.717) is 31.5 Å². The van der Waals surface area contributed by atoms with E-state index >= 15 is 0 Å². The Labute approximate surface area is 164 Å². The van der Waals surface area contributed by atoms with Crippen LogP contribution in [0.5, 0.6) is 5.88 Å². The summed E-state index contributed by atoms with van der Waals surface area (Å²) in [5.74, 6) is 1.50. The van der Waals surface area contributed by atoms with Crippen LogP contribution >= 0.6 is 0 Å². The molecule has 8 nitrogen and oxygen atoms in total. The van der Waals surface area contributed by atoms with E-state index in [9.17, 15) is 9.90 Å². The summed E-state index contributed by atoms with van der Waals surface area (Å²) in [4.78, 5) is 23.5. The first kappa shape index (κ1) is 18.1. The van der Waals surface area contributed by atoms with E-state index in [1.54, 1.807) is 0 Å². The van der Waals surface area contributed by atoms with Gasteiger partial charge in [0, 0.05) is 37.0 Å². The average Bonchev–Trinajstić information content (AvgIpc) is 3.27. The van der Waals surface area contributed by atoms with Crippen LogP contribution in [-0.4, -0.2) is 65.0 Å². The molecular weight excluding hydrogens is 360 g/mol. The van der Waals surface area contributed by atoms with E-state index in [-0.39, 0.29) is 35.9 Å². The number of nitrogens with one attached hydrogen (secondary N) is 1. The van der Waals surface area contributed by atoms with Gasteiger partial charge in [-0.05, 0) is 32.6 Å². The van der Waals surface area contributed by atoms with Crippen LogP contribution in [0.2, 0.25) is 0 Å². The maximum Gasteiger partial charge on any atom is 0.226 e. The number of carbonyl (C=O) groups excluding carboxylic acids is 1. The molecule has 4 heterocycles. The first-order chi connectivity index (χ1) is 13.6. The molecule has 6 atom stereocenters. The highest BCUT2D eigenvalue weighted by Crippen LogP contribution is 2.47. The molecule has 5 rings (SSSR count). The minimum atomic E-state index is -0.541. The Balaban J connectivity index is 1.33. The Bertz CT molecular complexity index is 743. The number of ether oxygens (including phenoxy) is 2. The van der Waals surface area contributed by atoms with Crippen molar-refractivity contribution in [1.29, 1.82) is 0 Å². The fourth-order valence-corrected chi connectivity index (χ4v) is 5.23. The predicted molar refractivity (Wildman–Crippen MR) is 101 cm³/mol. The topological polar surface area (TPSA) is 96.8 Å². The molecule has 2 bridgehead atoms. The number of anilines is 1. The van der Waals surface area contributed by atoms with Crippen LogP contribution in [0.1, 0.15) is 32.6 Å². The molecule has 1 unspecified atom stereocenters. The van der Waals surface area contributed by atoms with Crippen LogP contribution in [0.3, 0.4) is 0 Å². The third-order valence-corrected chi connectivity index (χ3v) is 6.90. The fraction of sp³-hybridized carbons (Fsp3) is 0.750. The second-order valence-electron chi connectivity index (χ2n) is 8.49. The Hall–Kier alpha value is -1.93. The van der Waals surface area contributed by atoms with Crippen LogP contribution < -0.4 is 15.0 Å². The molecule has 8 heteroatoms. The third kappa shape index (κ3) is 3.03. The van der Waals surface area contributed by atoms with E-state index in [0.717, 1.165) is 25.2 Å². The summed E-state index contributed by atoms with van der Waals surface area (Å²) in [6, 6.07) is 2.17. The number of nitrogens with zero attached hydrogens (tertiary/aromatic N) is 3. The van der Waals surface area contributed by atoms with E-state index in [2.05, 4.69) is 20.2 Å². The summed E-state index contributed by atoms with van der Waals surface area (Å²) in [6.45, 7) is 3.90. The molecule has 28 heavy (non-hydrogen) atoms. The minimum absolute atomic E-state index is 0.0933. The largest absolute Gasteiger partial charge is 0.478 e. The number of aliphatic hydroxyl groups is 1. The lowest BCUT2D eigenvalue weighted by molar-refractivity contribution is -0.141. The Morgan fingerprint density at radius 1 is 1.36 bits per heavy atom. The van der Waals surface area contributed by atoms with E-state index < -0.39 is 6.10 Å². The zero-order valence-electron chi connectivity index (χ0n) is 16.2. The molecule has 152 valence electrons. The summed E-state index contributed by atoms with van der Waals surface area (Å²) in [5, 5.41) is 14.0. The van der Waals surface area contributed by atoms with Gasteiger partial charge in [-0.3, -0.25) is 4.79 Å². The molecule has 0 radical (unpaired) electrons. The number of hydrogen-bond donors (Lipinski definition) is 2. The number of hydrogen-bond acceptors (Lipinski definition) is 7. The van der Waals surface area contributed by atoms with Crippen molar-refractivity contribution in [2.45, 2.75) is 57.0 Å². The van der Waals surface area contributed by atoms with Crippen LogP contribution in [0.4, 0.5) is 5.82 Å². The van der Waals surface area contributed by atoms with Crippen LogP contribution in [0.15, 0.2) is 12.4 Å². The second-order valence-corrected chi connectivity index (χ2v) is 8.49. The van der Waals surface area contributed by atoms with Gasteiger partial charge in [0.1, 0.15) is 12.1 Å². The molecular formula is C20H28N4O4. The van der Waals surface area contributed by atoms with Crippen LogP contribution in [-0.2, 0) is 9.53 Å². The van der Waals surface area contributed by atoms with Gasteiger partial charge in [-0.2, -0.15) is 0 Å². The molecule has 0 spiro atoms. The Morgan fingerprint density at radius 2 is 2.18 bits per heavy atom. The quantitative estimate of drug-likeness (QED) is 0.768. The molecule has 1 amide bonds. The average molecular weight is 388 g/mol. The lowest BCUT2D eigenvalue weighted by Gasteiger charge is -2.36. The normalized spacial score (nSPS) is 36.7. The van der Waals surface area contributed by atoms with Gasteiger partial charge >= 0.3 is 0 Å². The molecule has 1 saturated carbocycles. The monoisotopic (exact) mass is 388 g/mol. The van der Waals surface area contributed by atoms with Crippen LogP contribution in [0, 0.1) is 17.8 Å². The summed E-state index contributed by atoms with van der Waals surface area (Å²) in [6.07, 6.45) is 4.57. The van der Waals surface area contributed by atoms with Crippen molar-refractivity contribution in [2.24, 2.45) is 17.8 Å². The van der Waals surface area contributed by atoms with Gasteiger partial charge < -0.3 is 24.8 Å². The van der Waals surface area contributed by atoms with E-state index in [4.69, 9.17) is 9.47 Å². The number of aliphatic hydroxyl groups excluding tert-OH is 1. The zero-order valence-corrected chi connectivity index (χ0v) is 16.2. The van der Waals surface area contributed by atoms with E-state index in [1.807, 2.05) is 13.0 Å². The minimum Gasteiger partial charge on any atom is -0.478 e. The van der Waals surface area contributed by atoms with Crippen molar-refractivity contribution in [2.75, 3.05) is 24.6 Å². The molecule has 2 N–H and O–H groups in total. The highest BCUT2D eigenvalue weighted by Gasteiger charge is 2.58. The first-order valence-electron chi connectivity index (χ1n) is 10.5. The lowest BCUT2D eigenvalue weighted by Crippen LogP contribution is -2.49. The van der Waals surface area contributed by atoms with Gasteiger partial charge in [0.05, 0.1) is 30.8 Å². The number of aromatic nitrogens is 2. The summed E-state index contributed by atoms with van der Waals surface area (Å²) in [5.41, 5.74) is 0. The molecule has 3 aliphatic heterocycles. The van der Waals surface area contributed by atoms with Gasteiger partial charge in [0.25, 0.3) is 0 Å². The molecule has 4 aliphatic rings. The SMILES string of the molecule is CCOc1cc(N2C[C@H]3[C@H](O)[C@@H]4CC(C(=O)NC5CCC5)[C@@H](O4)[C@H]3C2)ncn1. The van der Waals surface area contributed by atoms with E-state index in [1.165, 1.54) is 12.7 Å². The highest BCUT2D eigenvalue weighted by atomic mass is 16.5. The molecule has 0 aromatic carbocycles. The van der Waals surface area contributed by atoms with Crippen molar-refractivity contribution >= 4 is 11.7 Å². The summed E-state index contributed by atoms with van der Waals surface area (Å²) in [7, 11) is 0. The zero-order chi connectivity index (χ0) is 19.3. The van der Waals surface area contributed by atoms with Gasteiger partial charge in [-0.15, -0.1) is 0 Å². The maximum atomic E-state index is 12.8. The number of fused-ring (bicyclic) bond motifs is 4. The molecule has 4 fully saturated rings. The van der Waals surface area contributed by atoms with Crippen molar-refractivity contribution in [1.82, 2.24) is 15.3 Å². The lowest BCUT2D eigenvalue weighted by atomic mass is 9.82. The maximum absolute atomic E-state index is 12.8. The standard InChI is InChI=1S/C20H28N4O4/c1-2-27-17-7-16(21-10-22-17)24-8-13-14(9-24)19-12(6-15(28-19)18(13)25)20(26)23-11-4-3-5-11/h7,10-15,18-19,25H,2-6,8-9H2,1H3,(H,23,26)/t12?,13-,14+,15+,18+,19-/m1/s1.